The van der Waals surface area contributed by atoms with E-state index in [1.807, 2.05) is 0 Å². The molecule has 0 aromatic heterocycles. The molecule has 0 fully saturated rings. The van der Waals surface area contributed by atoms with Gasteiger partial charge in [0.25, 0.3) is 0 Å². The van der Waals surface area contributed by atoms with Crippen molar-refractivity contribution in [2.45, 2.75) is 0 Å². The van der Waals surface area contributed by atoms with Gasteiger partial charge in [0.05, 0.1) is 5.69 Å². The fourth-order valence-corrected chi connectivity index (χ4v) is 1.44. The predicted molar refractivity (Wildman–Crippen MR) is 56.1 cm³/mol. The minimum absolute atomic E-state index is 0.0908. The molecule has 0 bridgehead atoms. The number of halogens is 4. The largest absolute Gasteiger partial charge is 0.396 e. The van der Waals surface area contributed by atoms with Gasteiger partial charge >= 0.3 is 0 Å². The van der Waals surface area contributed by atoms with Crippen LogP contribution in [-0.4, -0.2) is 0 Å². The number of nitrogen functional groups attached to an aromatic ring is 1. The molecule has 2 aromatic rings. The van der Waals surface area contributed by atoms with Gasteiger partial charge < -0.3 is 5.73 Å². The van der Waals surface area contributed by atoms with Crippen molar-refractivity contribution in [3.05, 3.63) is 53.6 Å². The zero-order chi connectivity index (χ0) is 12.6. The Labute approximate surface area is 94.5 Å². The summed E-state index contributed by atoms with van der Waals surface area (Å²) in [4.78, 5) is 0. The van der Waals surface area contributed by atoms with Gasteiger partial charge in [-0.1, -0.05) is 6.07 Å². The van der Waals surface area contributed by atoms with Crippen LogP contribution >= 0.6 is 0 Å². The second-order valence-corrected chi connectivity index (χ2v) is 3.48. The molecule has 0 saturated carbocycles. The first-order valence-electron chi connectivity index (χ1n) is 4.69. The topological polar surface area (TPSA) is 26.0 Å². The van der Waals surface area contributed by atoms with Gasteiger partial charge in [-0.15, -0.1) is 0 Å². The normalized spacial score (nSPS) is 10.6. The Morgan fingerprint density at radius 3 is 2.00 bits per heavy atom. The third-order valence-corrected chi connectivity index (χ3v) is 2.32. The van der Waals surface area contributed by atoms with E-state index in [0.29, 0.717) is 12.1 Å². The summed E-state index contributed by atoms with van der Waals surface area (Å²) >= 11 is 0. The van der Waals surface area contributed by atoms with Crippen molar-refractivity contribution in [3.63, 3.8) is 0 Å². The summed E-state index contributed by atoms with van der Waals surface area (Å²) in [7, 11) is 0. The number of hydrogen-bond donors (Lipinski definition) is 1. The Hall–Kier alpha value is -2.04. The first kappa shape index (κ1) is 11.4. The minimum atomic E-state index is -1.29. The monoisotopic (exact) mass is 241 g/mol. The number of hydrogen-bond acceptors (Lipinski definition) is 1. The summed E-state index contributed by atoms with van der Waals surface area (Å²) in [5.74, 6) is -4.19. The van der Waals surface area contributed by atoms with Crippen LogP contribution in [0.2, 0.25) is 0 Å². The number of anilines is 1. The van der Waals surface area contributed by atoms with Crippen molar-refractivity contribution in [2.24, 2.45) is 0 Å². The van der Waals surface area contributed by atoms with Gasteiger partial charge in [0.15, 0.2) is 11.6 Å². The molecule has 5 heteroatoms. The molecule has 0 atom stereocenters. The van der Waals surface area contributed by atoms with E-state index in [-0.39, 0.29) is 16.8 Å². The molecule has 1 nitrogen and oxygen atoms in total. The van der Waals surface area contributed by atoms with Crippen molar-refractivity contribution in [3.8, 4) is 11.1 Å². The highest BCUT2D eigenvalue weighted by Crippen LogP contribution is 2.27. The summed E-state index contributed by atoms with van der Waals surface area (Å²) < 4.78 is 52.2. The number of benzene rings is 2. The van der Waals surface area contributed by atoms with Gasteiger partial charge in [0.1, 0.15) is 11.6 Å². The molecule has 2 aromatic carbocycles. The highest BCUT2D eigenvalue weighted by Gasteiger charge is 2.12. The molecule has 0 aliphatic heterocycles. The second kappa shape index (κ2) is 4.08. The van der Waals surface area contributed by atoms with Crippen LogP contribution in [0.3, 0.4) is 0 Å². The van der Waals surface area contributed by atoms with E-state index < -0.39 is 23.3 Å². The van der Waals surface area contributed by atoms with Crippen molar-refractivity contribution in [1.82, 2.24) is 0 Å². The van der Waals surface area contributed by atoms with Crippen LogP contribution in [0.4, 0.5) is 23.2 Å². The van der Waals surface area contributed by atoms with Crippen LogP contribution in [0.15, 0.2) is 30.3 Å². The van der Waals surface area contributed by atoms with Crippen LogP contribution in [0.5, 0.6) is 0 Å². The molecular formula is C12H7F4N. The Balaban J connectivity index is 2.60. The van der Waals surface area contributed by atoms with Crippen LogP contribution in [-0.2, 0) is 0 Å². The third-order valence-electron chi connectivity index (χ3n) is 2.32. The predicted octanol–water partition coefficient (Wildman–Crippen LogP) is 3.49. The maximum atomic E-state index is 13.4. The molecule has 0 saturated heterocycles. The Kier molecular flexibility index (Phi) is 2.75. The molecular weight excluding hydrogens is 234 g/mol. The molecule has 0 radical (unpaired) electrons. The Morgan fingerprint density at radius 2 is 1.35 bits per heavy atom. The zero-order valence-corrected chi connectivity index (χ0v) is 8.48. The van der Waals surface area contributed by atoms with Gasteiger partial charge in [0.2, 0.25) is 0 Å². The van der Waals surface area contributed by atoms with Gasteiger partial charge in [-0.2, -0.15) is 0 Å². The van der Waals surface area contributed by atoms with E-state index in [0.717, 1.165) is 6.07 Å². The molecule has 0 spiro atoms. The second-order valence-electron chi connectivity index (χ2n) is 3.48. The van der Waals surface area contributed by atoms with Gasteiger partial charge in [-0.3, -0.25) is 0 Å². The molecule has 0 aliphatic rings. The van der Waals surface area contributed by atoms with Crippen LogP contribution in [0.1, 0.15) is 0 Å². The Morgan fingerprint density at radius 1 is 0.706 bits per heavy atom. The van der Waals surface area contributed by atoms with Gasteiger partial charge in [0, 0.05) is 11.6 Å². The molecule has 0 unspecified atom stereocenters. The lowest BCUT2D eigenvalue weighted by molar-refractivity contribution is 0.496. The zero-order valence-electron chi connectivity index (χ0n) is 8.48. The van der Waals surface area contributed by atoms with Gasteiger partial charge in [-0.25, -0.2) is 17.6 Å². The maximum Gasteiger partial charge on any atom is 0.161 e. The van der Waals surface area contributed by atoms with Crippen LogP contribution < -0.4 is 5.73 Å². The van der Waals surface area contributed by atoms with Crippen LogP contribution in [0, 0.1) is 23.3 Å². The standard InChI is InChI=1S/C12H7F4N/c13-8-5-10(15)9(14)4-7(8)6-1-2-12(17)11(16)3-6/h1-5H,17H2. The maximum absolute atomic E-state index is 13.4. The summed E-state index contributed by atoms with van der Waals surface area (Å²) in [6.07, 6.45) is 0. The third kappa shape index (κ3) is 2.08. The molecule has 2 N–H and O–H groups in total. The lowest BCUT2D eigenvalue weighted by Crippen LogP contribution is -1.94. The average Bonchev–Trinajstić information content (AvgIpc) is 2.27. The summed E-state index contributed by atoms with van der Waals surface area (Å²) in [5, 5.41) is 0. The number of rotatable bonds is 1. The fraction of sp³-hybridized carbons (Fsp3) is 0. The van der Waals surface area contributed by atoms with Gasteiger partial charge in [-0.05, 0) is 23.8 Å². The van der Waals surface area contributed by atoms with E-state index in [1.54, 1.807) is 0 Å². The molecule has 2 rings (SSSR count). The quantitative estimate of drug-likeness (QED) is 0.461. The molecule has 0 heterocycles. The SMILES string of the molecule is Nc1ccc(-c2cc(F)c(F)cc2F)cc1F. The van der Waals surface area contributed by atoms with Crippen molar-refractivity contribution < 1.29 is 17.6 Å². The first-order valence-corrected chi connectivity index (χ1v) is 4.69. The van der Waals surface area contributed by atoms with E-state index in [4.69, 9.17) is 5.73 Å². The minimum Gasteiger partial charge on any atom is -0.396 e. The molecule has 0 aliphatic carbocycles. The highest BCUT2D eigenvalue weighted by molar-refractivity contribution is 5.66. The lowest BCUT2D eigenvalue weighted by atomic mass is 10.0. The van der Waals surface area contributed by atoms with Crippen LogP contribution in [0.25, 0.3) is 11.1 Å². The molecule has 17 heavy (non-hydrogen) atoms. The first-order chi connectivity index (χ1) is 7.99. The van der Waals surface area contributed by atoms with E-state index in [2.05, 4.69) is 0 Å². The van der Waals surface area contributed by atoms with E-state index in [9.17, 15) is 17.6 Å². The lowest BCUT2D eigenvalue weighted by Gasteiger charge is -2.05. The average molecular weight is 241 g/mol. The highest BCUT2D eigenvalue weighted by atomic mass is 19.2. The summed E-state index contributed by atoms with van der Waals surface area (Å²) in [6.45, 7) is 0. The van der Waals surface area contributed by atoms with Crippen molar-refractivity contribution >= 4 is 5.69 Å². The summed E-state index contributed by atoms with van der Waals surface area (Å²) in [5.41, 5.74) is 5.03. The van der Waals surface area contributed by atoms with Crippen molar-refractivity contribution in [1.29, 1.82) is 0 Å². The van der Waals surface area contributed by atoms with E-state index >= 15 is 0 Å². The Bertz CT molecular complexity index is 581. The van der Waals surface area contributed by atoms with Crippen molar-refractivity contribution in [2.75, 3.05) is 5.73 Å². The van der Waals surface area contributed by atoms with E-state index in [1.165, 1.54) is 12.1 Å². The smallest absolute Gasteiger partial charge is 0.161 e. The molecule has 88 valence electrons. The summed E-state index contributed by atoms with van der Waals surface area (Å²) in [6, 6.07) is 4.61. The number of nitrogens with two attached hydrogens (primary N) is 1. The fourth-order valence-electron chi connectivity index (χ4n) is 1.44. The molecule has 0 amide bonds.